The van der Waals surface area contributed by atoms with Gasteiger partial charge in [0.05, 0.1) is 6.04 Å². The van der Waals surface area contributed by atoms with Crippen molar-refractivity contribution in [2.45, 2.75) is 13.0 Å². The highest BCUT2D eigenvalue weighted by Gasteiger charge is 2.15. The van der Waals surface area contributed by atoms with Crippen LogP contribution < -0.4 is 10.1 Å². The lowest BCUT2D eigenvalue weighted by Crippen LogP contribution is -2.36. The third kappa shape index (κ3) is 5.25. The highest BCUT2D eigenvalue weighted by Crippen LogP contribution is 2.21. The quantitative estimate of drug-likeness (QED) is 0.835. The number of hydrogen-bond donors (Lipinski definition) is 1. The van der Waals surface area contributed by atoms with Gasteiger partial charge in [-0.05, 0) is 50.3 Å². The van der Waals surface area contributed by atoms with Crippen LogP contribution in [0.2, 0.25) is 5.02 Å². The molecule has 0 aliphatic carbocycles. The average Bonchev–Trinajstić information content (AvgIpc) is 2.55. The zero-order valence-electron chi connectivity index (χ0n) is 14.3. The molecular weight excluding hydrogens is 324 g/mol. The molecular formula is C19H23ClN2O2. The molecule has 4 nitrogen and oxygen atoms in total. The third-order valence-electron chi connectivity index (χ3n) is 3.80. The van der Waals surface area contributed by atoms with Crippen LogP contribution in [0.25, 0.3) is 0 Å². The molecule has 24 heavy (non-hydrogen) atoms. The van der Waals surface area contributed by atoms with Crippen LogP contribution in [0.3, 0.4) is 0 Å². The maximum atomic E-state index is 12.1. The van der Waals surface area contributed by atoms with Gasteiger partial charge in [0.25, 0.3) is 5.91 Å². The normalized spacial score (nSPS) is 12.0. The molecule has 2 rings (SSSR count). The minimum absolute atomic E-state index is 0.0165. The number of ether oxygens (including phenoxy) is 1. The van der Waals surface area contributed by atoms with Crippen LogP contribution in [-0.2, 0) is 4.79 Å². The van der Waals surface area contributed by atoms with Crippen LogP contribution in [0.5, 0.6) is 5.75 Å². The summed E-state index contributed by atoms with van der Waals surface area (Å²) in [6.45, 7) is 2.41. The van der Waals surface area contributed by atoms with E-state index in [1.807, 2.05) is 45.3 Å². The summed E-state index contributed by atoms with van der Waals surface area (Å²) in [6, 6.07) is 15.6. The van der Waals surface area contributed by atoms with Crippen LogP contribution >= 0.6 is 11.6 Å². The van der Waals surface area contributed by atoms with E-state index in [0.29, 0.717) is 17.3 Å². The lowest BCUT2D eigenvalue weighted by Gasteiger charge is -2.25. The first kappa shape index (κ1) is 18.3. The summed E-state index contributed by atoms with van der Waals surface area (Å²) in [7, 11) is 3.99. The topological polar surface area (TPSA) is 41.6 Å². The van der Waals surface area contributed by atoms with Crippen molar-refractivity contribution in [3.05, 3.63) is 64.7 Å². The number of halogens is 1. The number of nitrogens with one attached hydrogen (secondary N) is 1. The van der Waals surface area contributed by atoms with Crippen molar-refractivity contribution in [1.82, 2.24) is 10.2 Å². The smallest absolute Gasteiger partial charge is 0.258 e. The van der Waals surface area contributed by atoms with E-state index in [2.05, 4.69) is 22.3 Å². The molecule has 0 saturated heterocycles. The van der Waals surface area contributed by atoms with E-state index in [4.69, 9.17) is 16.3 Å². The Hall–Kier alpha value is -2.04. The van der Waals surface area contributed by atoms with Gasteiger partial charge in [-0.15, -0.1) is 0 Å². The van der Waals surface area contributed by atoms with Crippen LogP contribution in [-0.4, -0.2) is 38.1 Å². The molecule has 2 aromatic rings. The molecule has 1 amide bonds. The maximum Gasteiger partial charge on any atom is 0.258 e. The van der Waals surface area contributed by atoms with Crippen LogP contribution in [0, 0.1) is 6.92 Å². The van der Waals surface area contributed by atoms with Gasteiger partial charge in [0.1, 0.15) is 5.75 Å². The van der Waals surface area contributed by atoms with Gasteiger partial charge >= 0.3 is 0 Å². The fourth-order valence-electron chi connectivity index (χ4n) is 2.45. The first-order valence-corrected chi connectivity index (χ1v) is 8.22. The second kappa shape index (κ2) is 8.71. The van der Waals surface area contributed by atoms with Crippen molar-refractivity contribution in [2.75, 3.05) is 27.2 Å². The van der Waals surface area contributed by atoms with Crippen molar-refractivity contribution in [3.63, 3.8) is 0 Å². The van der Waals surface area contributed by atoms with E-state index in [1.54, 1.807) is 12.1 Å². The Labute approximate surface area is 148 Å². The van der Waals surface area contributed by atoms with E-state index < -0.39 is 0 Å². The van der Waals surface area contributed by atoms with E-state index in [9.17, 15) is 4.79 Å². The molecule has 2 aromatic carbocycles. The fraction of sp³-hybridized carbons (Fsp3) is 0.316. The van der Waals surface area contributed by atoms with Gasteiger partial charge in [0.15, 0.2) is 6.61 Å². The Kier molecular flexibility index (Phi) is 6.64. The zero-order chi connectivity index (χ0) is 17.5. The molecule has 0 bridgehead atoms. The zero-order valence-corrected chi connectivity index (χ0v) is 15.0. The fourth-order valence-corrected chi connectivity index (χ4v) is 2.68. The summed E-state index contributed by atoms with van der Waals surface area (Å²) in [5.41, 5.74) is 2.07. The predicted molar refractivity (Wildman–Crippen MR) is 97.6 cm³/mol. The van der Waals surface area contributed by atoms with E-state index >= 15 is 0 Å². The second-order valence-electron chi connectivity index (χ2n) is 5.89. The molecule has 0 spiro atoms. The maximum absolute atomic E-state index is 12.1. The summed E-state index contributed by atoms with van der Waals surface area (Å²) >= 11 is 5.91. The summed E-state index contributed by atoms with van der Waals surface area (Å²) < 4.78 is 5.57. The molecule has 0 aliphatic rings. The Bertz CT molecular complexity index is 674. The Morgan fingerprint density at radius 2 is 1.92 bits per heavy atom. The molecule has 0 fully saturated rings. The number of rotatable bonds is 7. The van der Waals surface area contributed by atoms with Crippen LogP contribution in [0.4, 0.5) is 0 Å². The van der Waals surface area contributed by atoms with Gasteiger partial charge in [0, 0.05) is 11.6 Å². The van der Waals surface area contributed by atoms with Crippen molar-refractivity contribution in [3.8, 4) is 5.75 Å². The Morgan fingerprint density at radius 3 is 2.54 bits per heavy atom. The van der Waals surface area contributed by atoms with E-state index in [0.717, 1.165) is 11.1 Å². The van der Waals surface area contributed by atoms with Gasteiger partial charge in [-0.2, -0.15) is 0 Å². The monoisotopic (exact) mass is 346 g/mol. The molecule has 0 saturated carbocycles. The average molecular weight is 347 g/mol. The minimum Gasteiger partial charge on any atom is -0.484 e. The lowest BCUT2D eigenvalue weighted by molar-refractivity contribution is -0.123. The number of carbonyl (C=O) groups is 1. The van der Waals surface area contributed by atoms with Crippen molar-refractivity contribution in [2.24, 2.45) is 0 Å². The van der Waals surface area contributed by atoms with Crippen molar-refractivity contribution in [1.29, 1.82) is 0 Å². The first-order valence-electron chi connectivity index (χ1n) is 7.84. The molecule has 0 aromatic heterocycles. The number of likely N-dealkylation sites (N-methyl/N-ethyl adjacent to an activating group) is 1. The SMILES string of the molecule is Cc1cc(Cl)ccc1OCC(=O)NCC(c1ccccc1)N(C)C. The van der Waals surface area contributed by atoms with E-state index in [1.165, 1.54) is 0 Å². The molecule has 128 valence electrons. The number of benzene rings is 2. The first-order chi connectivity index (χ1) is 11.5. The van der Waals surface area contributed by atoms with Gasteiger partial charge < -0.3 is 15.0 Å². The van der Waals surface area contributed by atoms with Gasteiger partial charge in [0.2, 0.25) is 0 Å². The molecule has 0 radical (unpaired) electrons. The van der Waals surface area contributed by atoms with Crippen molar-refractivity contribution >= 4 is 17.5 Å². The third-order valence-corrected chi connectivity index (χ3v) is 4.03. The molecule has 0 aliphatic heterocycles. The van der Waals surface area contributed by atoms with Gasteiger partial charge in [-0.3, -0.25) is 4.79 Å². The standard InChI is InChI=1S/C19H23ClN2O2/c1-14-11-16(20)9-10-18(14)24-13-19(23)21-12-17(22(2)3)15-7-5-4-6-8-15/h4-11,17H,12-13H2,1-3H3,(H,21,23). The predicted octanol–water partition coefficient (Wildman–Crippen LogP) is 3.45. The number of hydrogen-bond acceptors (Lipinski definition) is 3. The highest BCUT2D eigenvalue weighted by molar-refractivity contribution is 6.30. The summed E-state index contributed by atoms with van der Waals surface area (Å²) in [5.74, 6) is 0.522. The minimum atomic E-state index is -0.146. The largest absolute Gasteiger partial charge is 0.484 e. The summed E-state index contributed by atoms with van der Waals surface area (Å²) in [6.07, 6.45) is 0. The van der Waals surface area contributed by atoms with Crippen molar-refractivity contribution < 1.29 is 9.53 Å². The molecule has 1 unspecified atom stereocenters. The van der Waals surface area contributed by atoms with Gasteiger partial charge in [-0.1, -0.05) is 41.9 Å². The van der Waals surface area contributed by atoms with Crippen LogP contribution in [0.15, 0.2) is 48.5 Å². The number of aryl methyl sites for hydroxylation is 1. The second-order valence-corrected chi connectivity index (χ2v) is 6.33. The number of nitrogens with zero attached hydrogens (tertiary/aromatic N) is 1. The Morgan fingerprint density at radius 1 is 1.21 bits per heavy atom. The Balaban J connectivity index is 1.87. The molecule has 5 heteroatoms. The lowest BCUT2D eigenvalue weighted by atomic mass is 10.1. The molecule has 0 heterocycles. The van der Waals surface area contributed by atoms with Gasteiger partial charge in [-0.25, -0.2) is 0 Å². The van der Waals surface area contributed by atoms with Crippen LogP contribution in [0.1, 0.15) is 17.2 Å². The number of amides is 1. The highest BCUT2D eigenvalue weighted by atomic mass is 35.5. The molecule has 1 atom stereocenters. The summed E-state index contributed by atoms with van der Waals surface area (Å²) in [4.78, 5) is 14.2. The van der Waals surface area contributed by atoms with E-state index in [-0.39, 0.29) is 18.6 Å². The summed E-state index contributed by atoms with van der Waals surface area (Å²) in [5, 5.41) is 3.59. The number of carbonyl (C=O) groups excluding carboxylic acids is 1. The molecule has 1 N–H and O–H groups in total.